The van der Waals surface area contributed by atoms with Crippen molar-refractivity contribution in [1.82, 2.24) is 0 Å². The molecule has 2 atom stereocenters. The minimum absolute atomic E-state index is 0.145. The summed E-state index contributed by atoms with van der Waals surface area (Å²) in [5.41, 5.74) is 3.06. The first-order valence-corrected chi connectivity index (χ1v) is 9.46. The Morgan fingerprint density at radius 2 is 2.13 bits per heavy atom. The maximum absolute atomic E-state index is 12.7. The van der Waals surface area contributed by atoms with Crippen LogP contribution in [-0.2, 0) is 4.79 Å². The molecule has 0 aromatic heterocycles. The second-order valence-electron chi connectivity index (χ2n) is 8.41. The molecule has 2 unspecified atom stereocenters. The van der Waals surface area contributed by atoms with Gasteiger partial charge in [0, 0.05) is 18.8 Å². The van der Waals surface area contributed by atoms with Crippen LogP contribution in [0.25, 0.3) is 0 Å². The second-order valence-corrected chi connectivity index (χ2v) is 8.94. The van der Waals surface area contributed by atoms with Gasteiger partial charge in [-0.1, -0.05) is 63.2 Å². The quantitative estimate of drug-likeness (QED) is 0.552. The fourth-order valence-corrected chi connectivity index (χ4v) is 4.18. The number of carbonyl (C=O) groups is 1. The monoisotopic (exact) mass is 331 g/mol. The molecule has 0 bridgehead atoms. The molecule has 0 saturated heterocycles. The number of hydrogen-bond donors (Lipinski definition) is 0. The van der Waals surface area contributed by atoms with Crippen molar-refractivity contribution in [2.75, 3.05) is 0 Å². The van der Waals surface area contributed by atoms with Gasteiger partial charge < -0.3 is 0 Å². The third kappa shape index (κ3) is 5.38. The number of ketones is 1. The van der Waals surface area contributed by atoms with Crippen LogP contribution < -0.4 is 0 Å². The first-order chi connectivity index (χ1) is 10.8. The summed E-state index contributed by atoms with van der Waals surface area (Å²) in [4.78, 5) is 13.9. The number of allylic oxidation sites excluding steroid dienone is 4. The van der Waals surface area contributed by atoms with E-state index in [2.05, 4.69) is 46.3 Å². The molecular formula is C21H31OS. The van der Waals surface area contributed by atoms with E-state index in [1.165, 1.54) is 17.6 Å². The molecule has 2 heteroatoms. The maximum Gasteiger partial charge on any atom is 0.140 e. The highest BCUT2D eigenvalue weighted by Gasteiger charge is 2.29. The number of Topliss-reactive ketones (excluding diaryl/α,β-unsaturated/α-hetero) is 1. The Morgan fingerprint density at radius 3 is 2.83 bits per heavy atom. The van der Waals surface area contributed by atoms with E-state index < -0.39 is 0 Å². The van der Waals surface area contributed by atoms with Crippen LogP contribution in [0.3, 0.4) is 0 Å². The fourth-order valence-electron chi connectivity index (χ4n) is 3.63. The van der Waals surface area contributed by atoms with Gasteiger partial charge in [0.05, 0.1) is 0 Å². The Hall–Kier alpha value is -0.760. The number of carbonyl (C=O) groups excluding carboxylic acids is 1. The van der Waals surface area contributed by atoms with E-state index in [1.54, 1.807) is 0 Å². The van der Waals surface area contributed by atoms with Crippen molar-refractivity contribution in [2.24, 2.45) is 17.3 Å². The summed E-state index contributed by atoms with van der Waals surface area (Å²) in [7, 11) is 0. The summed E-state index contributed by atoms with van der Waals surface area (Å²) in [6, 6.07) is 0. The maximum atomic E-state index is 12.7. The lowest BCUT2D eigenvalue weighted by Crippen LogP contribution is -2.24. The van der Waals surface area contributed by atoms with Gasteiger partial charge in [-0.15, -0.1) is 0 Å². The van der Waals surface area contributed by atoms with E-state index in [-0.39, 0.29) is 11.3 Å². The molecule has 2 aliphatic carbocycles. The average Bonchev–Trinajstić information content (AvgIpc) is 2.50. The minimum atomic E-state index is 0.145. The van der Waals surface area contributed by atoms with Gasteiger partial charge in [0.25, 0.3) is 0 Å². The topological polar surface area (TPSA) is 17.1 Å². The molecule has 0 aliphatic heterocycles. The number of thiocarbonyl (C=S) groups is 1. The Bertz CT molecular complexity index is 518. The molecule has 0 N–H and O–H groups in total. The zero-order chi connectivity index (χ0) is 17.0. The number of hydrogen-bond acceptors (Lipinski definition) is 2. The van der Waals surface area contributed by atoms with Gasteiger partial charge in [0.2, 0.25) is 0 Å². The molecule has 0 amide bonds. The molecule has 0 saturated carbocycles. The van der Waals surface area contributed by atoms with Crippen molar-refractivity contribution in [2.45, 2.75) is 72.6 Å². The summed E-state index contributed by atoms with van der Waals surface area (Å²) in [5, 5.41) is 0. The van der Waals surface area contributed by atoms with E-state index in [1.807, 2.05) is 0 Å². The van der Waals surface area contributed by atoms with Crippen molar-refractivity contribution in [3.8, 4) is 0 Å². The third-order valence-electron chi connectivity index (χ3n) is 5.00. The summed E-state index contributed by atoms with van der Waals surface area (Å²) < 4.78 is 0. The fraction of sp³-hybridized carbons (Fsp3) is 0.667. The van der Waals surface area contributed by atoms with Crippen LogP contribution >= 0.6 is 12.2 Å². The van der Waals surface area contributed by atoms with Crippen molar-refractivity contribution >= 4 is 22.9 Å². The van der Waals surface area contributed by atoms with Gasteiger partial charge >= 0.3 is 0 Å². The lowest BCUT2D eigenvalue weighted by molar-refractivity contribution is -0.122. The van der Waals surface area contributed by atoms with Gasteiger partial charge in [-0.2, -0.15) is 0 Å². The third-order valence-corrected chi connectivity index (χ3v) is 5.54. The van der Waals surface area contributed by atoms with Crippen molar-refractivity contribution in [3.63, 3.8) is 0 Å². The van der Waals surface area contributed by atoms with E-state index in [9.17, 15) is 4.79 Å². The summed E-state index contributed by atoms with van der Waals surface area (Å²) in [5.74, 6) is 0.932. The largest absolute Gasteiger partial charge is 0.299 e. The summed E-state index contributed by atoms with van der Waals surface area (Å²) in [6.07, 6.45) is 13.5. The predicted molar refractivity (Wildman–Crippen MR) is 102 cm³/mol. The molecule has 1 nitrogen and oxygen atoms in total. The predicted octanol–water partition coefficient (Wildman–Crippen LogP) is 6.04. The Balaban J connectivity index is 1.88. The van der Waals surface area contributed by atoms with E-state index in [0.29, 0.717) is 18.1 Å². The molecule has 0 fully saturated rings. The first-order valence-electron chi connectivity index (χ1n) is 9.05. The standard InChI is InChI=1S/C21H31OS/c1-15(20(23)14-21(2,3)4)12-13-19(22)18-11-7-9-16-8-5-6-10-17(16)18/h5-6,10,15,18H,7-9,11-14H2,1-4H3. The van der Waals surface area contributed by atoms with Crippen molar-refractivity contribution in [3.05, 3.63) is 29.7 Å². The Morgan fingerprint density at radius 1 is 1.39 bits per heavy atom. The first kappa shape index (κ1) is 18.6. The molecule has 0 aromatic carbocycles. The lowest BCUT2D eigenvalue weighted by atomic mass is 9.75. The van der Waals surface area contributed by atoms with Crippen LogP contribution in [0, 0.1) is 23.7 Å². The molecule has 2 aliphatic rings. The van der Waals surface area contributed by atoms with E-state index >= 15 is 0 Å². The normalized spacial score (nSPS) is 22.7. The Labute approximate surface area is 147 Å². The summed E-state index contributed by atoms with van der Waals surface area (Å²) in [6.45, 7) is 8.85. The minimum Gasteiger partial charge on any atom is -0.299 e. The molecule has 0 spiro atoms. The van der Waals surface area contributed by atoms with Gasteiger partial charge in [-0.05, 0) is 54.7 Å². The van der Waals surface area contributed by atoms with E-state index in [0.717, 1.165) is 37.0 Å². The van der Waals surface area contributed by atoms with Crippen molar-refractivity contribution in [1.29, 1.82) is 0 Å². The van der Waals surface area contributed by atoms with Crippen LogP contribution in [0.2, 0.25) is 0 Å². The molecule has 1 radical (unpaired) electrons. The van der Waals surface area contributed by atoms with Gasteiger partial charge in [0.1, 0.15) is 5.78 Å². The molecular weight excluding hydrogens is 300 g/mol. The van der Waals surface area contributed by atoms with Gasteiger partial charge in [0.15, 0.2) is 0 Å². The molecule has 0 aromatic rings. The highest BCUT2D eigenvalue weighted by Crippen LogP contribution is 2.37. The molecule has 2 rings (SSSR count). The van der Waals surface area contributed by atoms with Crippen molar-refractivity contribution < 1.29 is 4.79 Å². The zero-order valence-electron chi connectivity index (χ0n) is 15.2. The average molecular weight is 332 g/mol. The highest BCUT2D eigenvalue weighted by atomic mass is 32.1. The molecule has 23 heavy (non-hydrogen) atoms. The van der Waals surface area contributed by atoms with Crippen LogP contribution in [-0.4, -0.2) is 10.6 Å². The Kier molecular flexibility index (Phi) is 6.36. The molecule has 127 valence electrons. The van der Waals surface area contributed by atoms with Crippen LogP contribution in [0.5, 0.6) is 0 Å². The van der Waals surface area contributed by atoms with Crippen LogP contribution in [0.15, 0.2) is 23.3 Å². The zero-order valence-corrected chi connectivity index (χ0v) is 16.0. The van der Waals surface area contributed by atoms with Crippen LogP contribution in [0.1, 0.15) is 72.6 Å². The second kappa shape index (κ2) is 7.88. The lowest BCUT2D eigenvalue weighted by Gasteiger charge is -2.29. The SMILES string of the molecule is CC(CCC(=O)C1CCCC2=C1[CH]C=CC2)C(=S)CC(C)(C)C. The van der Waals surface area contributed by atoms with E-state index in [4.69, 9.17) is 12.2 Å². The highest BCUT2D eigenvalue weighted by molar-refractivity contribution is 7.80. The van der Waals surface area contributed by atoms with Gasteiger partial charge in [-0.3, -0.25) is 4.79 Å². The number of rotatable bonds is 6. The molecule has 0 heterocycles. The summed E-state index contributed by atoms with van der Waals surface area (Å²) >= 11 is 5.59. The van der Waals surface area contributed by atoms with Crippen LogP contribution in [0.4, 0.5) is 0 Å². The van der Waals surface area contributed by atoms with Gasteiger partial charge in [-0.25, -0.2) is 0 Å². The smallest absolute Gasteiger partial charge is 0.140 e.